The summed E-state index contributed by atoms with van der Waals surface area (Å²) in [4.78, 5) is 0. The largest absolute Gasteiger partial charge is 0.508 e. The SMILES string of the molecule is CC(NC1CCc2cc(Br)ccc21)c1cccc(O)c1. The third-order valence-electron chi connectivity index (χ3n) is 4.00. The summed E-state index contributed by atoms with van der Waals surface area (Å²) in [6, 6.07) is 14.6. The van der Waals surface area contributed by atoms with Crippen LogP contribution in [0.15, 0.2) is 46.9 Å². The minimum Gasteiger partial charge on any atom is -0.508 e. The van der Waals surface area contributed by atoms with E-state index < -0.39 is 0 Å². The fourth-order valence-electron chi connectivity index (χ4n) is 2.95. The maximum absolute atomic E-state index is 9.58. The highest BCUT2D eigenvalue weighted by molar-refractivity contribution is 9.10. The van der Waals surface area contributed by atoms with Gasteiger partial charge in [0.15, 0.2) is 0 Å². The minimum absolute atomic E-state index is 0.224. The number of aryl methyl sites for hydroxylation is 1. The van der Waals surface area contributed by atoms with Gasteiger partial charge in [0.1, 0.15) is 5.75 Å². The first-order chi connectivity index (χ1) is 9.63. The Morgan fingerprint density at radius 3 is 2.90 bits per heavy atom. The highest BCUT2D eigenvalue weighted by Crippen LogP contribution is 2.34. The predicted octanol–water partition coefficient (Wildman–Crippen LogP) is 4.49. The highest BCUT2D eigenvalue weighted by Gasteiger charge is 2.23. The van der Waals surface area contributed by atoms with E-state index in [1.807, 2.05) is 12.1 Å². The van der Waals surface area contributed by atoms with Gasteiger partial charge in [0.2, 0.25) is 0 Å². The maximum atomic E-state index is 9.58. The van der Waals surface area contributed by atoms with Crippen LogP contribution in [0.2, 0.25) is 0 Å². The van der Waals surface area contributed by atoms with Gasteiger partial charge in [-0.15, -0.1) is 0 Å². The lowest BCUT2D eigenvalue weighted by molar-refractivity contribution is 0.455. The lowest BCUT2D eigenvalue weighted by Crippen LogP contribution is -2.22. The molecular weight excluding hydrogens is 314 g/mol. The number of hydrogen-bond donors (Lipinski definition) is 2. The number of hydrogen-bond acceptors (Lipinski definition) is 2. The van der Waals surface area contributed by atoms with Crippen LogP contribution in [0.1, 0.15) is 42.1 Å². The number of halogens is 1. The fourth-order valence-corrected chi connectivity index (χ4v) is 3.36. The highest BCUT2D eigenvalue weighted by atomic mass is 79.9. The van der Waals surface area contributed by atoms with Crippen LogP contribution in [-0.4, -0.2) is 5.11 Å². The van der Waals surface area contributed by atoms with Crippen LogP contribution in [0.5, 0.6) is 5.75 Å². The van der Waals surface area contributed by atoms with E-state index in [9.17, 15) is 5.11 Å². The van der Waals surface area contributed by atoms with Crippen LogP contribution < -0.4 is 5.32 Å². The smallest absolute Gasteiger partial charge is 0.115 e. The molecule has 3 heteroatoms. The fraction of sp³-hybridized carbons (Fsp3) is 0.294. The van der Waals surface area contributed by atoms with E-state index >= 15 is 0 Å². The number of nitrogens with one attached hydrogen (secondary N) is 1. The van der Waals surface area contributed by atoms with Crippen LogP contribution in [0, 0.1) is 0 Å². The van der Waals surface area contributed by atoms with Crippen molar-refractivity contribution < 1.29 is 5.11 Å². The molecule has 0 aromatic heterocycles. The average molecular weight is 332 g/mol. The van der Waals surface area contributed by atoms with Gasteiger partial charge >= 0.3 is 0 Å². The molecule has 2 atom stereocenters. The Morgan fingerprint density at radius 2 is 2.10 bits per heavy atom. The molecule has 2 nitrogen and oxygen atoms in total. The molecule has 2 N–H and O–H groups in total. The Labute approximate surface area is 128 Å². The number of phenols is 1. The first-order valence-electron chi connectivity index (χ1n) is 6.97. The second kappa shape index (κ2) is 5.58. The van der Waals surface area contributed by atoms with E-state index in [0.717, 1.165) is 22.9 Å². The quantitative estimate of drug-likeness (QED) is 0.868. The number of aromatic hydroxyl groups is 1. The summed E-state index contributed by atoms with van der Waals surface area (Å²) in [6.45, 7) is 2.14. The summed E-state index contributed by atoms with van der Waals surface area (Å²) in [5.74, 6) is 0.326. The predicted molar refractivity (Wildman–Crippen MR) is 84.9 cm³/mol. The first-order valence-corrected chi connectivity index (χ1v) is 7.76. The maximum Gasteiger partial charge on any atom is 0.115 e. The van der Waals surface area contributed by atoms with Gasteiger partial charge in [-0.1, -0.05) is 34.1 Å². The van der Waals surface area contributed by atoms with Crippen LogP contribution >= 0.6 is 15.9 Å². The Bertz CT molecular complexity index is 626. The molecule has 2 aromatic rings. The zero-order valence-electron chi connectivity index (χ0n) is 11.4. The lowest BCUT2D eigenvalue weighted by Gasteiger charge is -2.21. The van der Waals surface area contributed by atoms with Crippen molar-refractivity contribution in [2.45, 2.75) is 31.8 Å². The molecule has 1 aliphatic rings. The van der Waals surface area contributed by atoms with Gasteiger partial charge in [0.25, 0.3) is 0 Å². The van der Waals surface area contributed by atoms with Gasteiger partial charge in [0.05, 0.1) is 0 Å². The molecule has 0 heterocycles. The Kier molecular flexibility index (Phi) is 3.81. The molecule has 0 saturated heterocycles. The molecule has 3 rings (SSSR count). The molecule has 2 unspecified atom stereocenters. The molecule has 0 fully saturated rings. The summed E-state index contributed by atoms with van der Waals surface area (Å²) in [5, 5.41) is 13.2. The number of fused-ring (bicyclic) bond motifs is 1. The zero-order valence-corrected chi connectivity index (χ0v) is 13.0. The molecule has 0 bridgehead atoms. The van der Waals surface area contributed by atoms with Crippen LogP contribution in [0.3, 0.4) is 0 Å². The molecule has 2 aromatic carbocycles. The molecule has 0 spiro atoms. The Hall–Kier alpha value is -1.32. The van der Waals surface area contributed by atoms with Crippen LogP contribution in [0.4, 0.5) is 0 Å². The van der Waals surface area contributed by atoms with Crippen molar-refractivity contribution >= 4 is 15.9 Å². The first kappa shape index (κ1) is 13.7. The molecule has 0 radical (unpaired) electrons. The summed E-state index contributed by atoms with van der Waals surface area (Å²) in [5.41, 5.74) is 3.95. The Balaban J connectivity index is 1.77. The van der Waals surface area contributed by atoms with Crippen molar-refractivity contribution in [3.05, 3.63) is 63.6 Å². The molecule has 0 aliphatic heterocycles. The average Bonchev–Trinajstić information content (AvgIpc) is 2.81. The van der Waals surface area contributed by atoms with Crippen molar-refractivity contribution in [2.24, 2.45) is 0 Å². The van der Waals surface area contributed by atoms with E-state index in [0.29, 0.717) is 11.8 Å². The third kappa shape index (κ3) is 2.74. The second-order valence-corrected chi connectivity index (χ2v) is 6.33. The van der Waals surface area contributed by atoms with Crippen molar-refractivity contribution in [3.63, 3.8) is 0 Å². The molecule has 0 amide bonds. The topological polar surface area (TPSA) is 32.3 Å². The lowest BCUT2D eigenvalue weighted by atomic mass is 10.0. The number of phenolic OH excluding ortho intramolecular Hbond substituents is 1. The number of rotatable bonds is 3. The normalized spacial score (nSPS) is 18.8. The number of benzene rings is 2. The second-order valence-electron chi connectivity index (χ2n) is 5.42. The van der Waals surface area contributed by atoms with Crippen molar-refractivity contribution in [2.75, 3.05) is 0 Å². The van der Waals surface area contributed by atoms with Crippen LogP contribution in [0.25, 0.3) is 0 Å². The van der Waals surface area contributed by atoms with E-state index in [4.69, 9.17) is 0 Å². The van der Waals surface area contributed by atoms with Gasteiger partial charge in [-0.2, -0.15) is 0 Å². The van der Waals surface area contributed by atoms with Gasteiger partial charge in [0, 0.05) is 16.6 Å². The summed E-state index contributed by atoms with van der Waals surface area (Å²) >= 11 is 3.53. The van der Waals surface area contributed by atoms with E-state index in [1.54, 1.807) is 6.07 Å². The van der Waals surface area contributed by atoms with Gasteiger partial charge < -0.3 is 10.4 Å². The summed E-state index contributed by atoms with van der Waals surface area (Å²) < 4.78 is 1.15. The molecule has 0 saturated carbocycles. The van der Waals surface area contributed by atoms with Crippen LogP contribution in [-0.2, 0) is 6.42 Å². The van der Waals surface area contributed by atoms with E-state index in [1.165, 1.54) is 11.1 Å². The molecule has 1 aliphatic carbocycles. The zero-order chi connectivity index (χ0) is 14.1. The van der Waals surface area contributed by atoms with Gasteiger partial charge in [-0.3, -0.25) is 0 Å². The van der Waals surface area contributed by atoms with Gasteiger partial charge in [-0.05, 0) is 60.7 Å². The Morgan fingerprint density at radius 1 is 1.25 bits per heavy atom. The monoisotopic (exact) mass is 331 g/mol. The van der Waals surface area contributed by atoms with Crippen molar-refractivity contribution in [1.29, 1.82) is 0 Å². The van der Waals surface area contributed by atoms with E-state index in [-0.39, 0.29) is 6.04 Å². The summed E-state index contributed by atoms with van der Waals surface area (Å²) in [6.07, 6.45) is 2.26. The van der Waals surface area contributed by atoms with Crippen molar-refractivity contribution in [1.82, 2.24) is 5.32 Å². The standard InChI is InChI=1S/C17H18BrNO/c1-11(12-3-2-4-15(20)10-12)19-17-8-5-13-9-14(18)6-7-16(13)17/h2-4,6-7,9-11,17,19-20H,5,8H2,1H3. The molecule has 20 heavy (non-hydrogen) atoms. The summed E-state index contributed by atoms with van der Waals surface area (Å²) in [7, 11) is 0. The van der Waals surface area contributed by atoms with E-state index in [2.05, 4.69) is 52.4 Å². The molecule has 104 valence electrons. The molecular formula is C17H18BrNO. The van der Waals surface area contributed by atoms with Crippen molar-refractivity contribution in [3.8, 4) is 5.75 Å². The minimum atomic E-state index is 0.224. The van der Waals surface area contributed by atoms with Gasteiger partial charge in [-0.25, -0.2) is 0 Å². The third-order valence-corrected chi connectivity index (χ3v) is 4.50.